The predicted molar refractivity (Wildman–Crippen MR) is 98.5 cm³/mol. The summed E-state index contributed by atoms with van der Waals surface area (Å²) in [5.74, 6) is 0.456. The van der Waals surface area contributed by atoms with Gasteiger partial charge < -0.3 is 14.2 Å². The van der Waals surface area contributed by atoms with Crippen LogP contribution in [0.5, 0.6) is 0 Å². The van der Waals surface area contributed by atoms with Crippen molar-refractivity contribution in [2.75, 3.05) is 5.32 Å². The smallest absolute Gasteiger partial charge is 0.291 e. The molecule has 0 fully saturated rings. The first kappa shape index (κ1) is 15.7. The molecular formula is C19H13BrN2O3. The molecule has 0 unspecified atom stereocenters. The van der Waals surface area contributed by atoms with Gasteiger partial charge in [0.25, 0.3) is 5.91 Å². The molecule has 4 aromatic rings. The number of oxazole rings is 1. The topological polar surface area (TPSA) is 68.3 Å². The summed E-state index contributed by atoms with van der Waals surface area (Å²) in [5.41, 5.74) is 4.01. The third kappa shape index (κ3) is 3.21. The van der Waals surface area contributed by atoms with Gasteiger partial charge in [-0.1, -0.05) is 17.7 Å². The van der Waals surface area contributed by atoms with Crippen molar-refractivity contribution >= 4 is 38.6 Å². The molecule has 0 aliphatic rings. The van der Waals surface area contributed by atoms with Gasteiger partial charge in [0.15, 0.2) is 16.0 Å². The van der Waals surface area contributed by atoms with E-state index in [1.165, 1.54) is 0 Å². The van der Waals surface area contributed by atoms with E-state index in [0.717, 1.165) is 11.1 Å². The third-order valence-corrected chi connectivity index (χ3v) is 4.13. The van der Waals surface area contributed by atoms with Crippen LogP contribution in [0.15, 0.2) is 68.1 Å². The molecular weight excluding hydrogens is 384 g/mol. The fraction of sp³-hybridized carbons (Fsp3) is 0.0526. The molecule has 0 bridgehead atoms. The van der Waals surface area contributed by atoms with E-state index in [9.17, 15) is 4.79 Å². The average molecular weight is 397 g/mol. The van der Waals surface area contributed by atoms with Crippen molar-refractivity contribution in [2.24, 2.45) is 0 Å². The summed E-state index contributed by atoms with van der Waals surface area (Å²) in [7, 11) is 0. The Morgan fingerprint density at radius 3 is 2.72 bits per heavy atom. The number of furan rings is 1. The number of rotatable bonds is 3. The number of aryl methyl sites for hydroxylation is 1. The lowest BCUT2D eigenvalue weighted by atomic mass is 10.1. The number of benzene rings is 2. The van der Waals surface area contributed by atoms with Gasteiger partial charge in [0.05, 0.1) is 0 Å². The molecule has 0 spiro atoms. The number of nitrogens with zero attached hydrogens (tertiary/aromatic N) is 1. The molecule has 5 nitrogen and oxygen atoms in total. The van der Waals surface area contributed by atoms with E-state index in [1.54, 1.807) is 30.3 Å². The van der Waals surface area contributed by atoms with Crippen LogP contribution in [0.4, 0.5) is 5.69 Å². The molecule has 0 saturated heterocycles. The van der Waals surface area contributed by atoms with Gasteiger partial charge in [-0.15, -0.1) is 0 Å². The molecule has 2 heterocycles. The summed E-state index contributed by atoms with van der Waals surface area (Å²) >= 11 is 3.18. The number of hydrogen-bond donors (Lipinski definition) is 1. The molecule has 25 heavy (non-hydrogen) atoms. The highest BCUT2D eigenvalue weighted by atomic mass is 79.9. The van der Waals surface area contributed by atoms with Crippen LogP contribution in [-0.4, -0.2) is 10.9 Å². The summed E-state index contributed by atoms with van der Waals surface area (Å²) in [6, 6.07) is 16.6. The normalized spacial score (nSPS) is 11.0. The number of nitrogens with one attached hydrogen (secondary N) is 1. The number of carbonyl (C=O) groups excluding carboxylic acids is 1. The van der Waals surface area contributed by atoms with Crippen LogP contribution in [0.3, 0.4) is 0 Å². The maximum atomic E-state index is 12.2. The summed E-state index contributed by atoms with van der Waals surface area (Å²) in [6.07, 6.45) is 0. The minimum atomic E-state index is -0.326. The van der Waals surface area contributed by atoms with Crippen LogP contribution >= 0.6 is 15.9 Å². The van der Waals surface area contributed by atoms with E-state index in [1.807, 2.05) is 31.2 Å². The van der Waals surface area contributed by atoms with Crippen LogP contribution < -0.4 is 5.32 Å². The van der Waals surface area contributed by atoms with Crippen molar-refractivity contribution in [3.63, 3.8) is 0 Å². The summed E-state index contributed by atoms with van der Waals surface area (Å²) in [6.45, 7) is 2.02. The Hall–Kier alpha value is -2.86. The average Bonchev–Trinajstić information content (AvgIpc) is 3.20. The number of amides is 1. The molecule has 0 saturated carbocycles. The number of aromatic nitrogens is 1. The van der Waals surface area contributed by atoms with Gasteiger partial charge in [-0.05, 0) is 65.3 Å². The molecule has 4 rings (SSSR count). The van der Waals surface area contributed by atoms with Gasteiger partial charge in [-0.3, -0.25) is 4.79 Å². The monoisotopic (exact) mass is 396 g/mol. The number of fused-ring (bicyclic) bond motifs is 1. The number of anilines is 1. The molecule has 6 heteroatoms. The maximum Gasteiger partial charge on any atom is 0.291 e. The highest BCUT2D eigenvalue weighted by Gasteiger charge is 2.13. The van der Waals surface area contributed by atoms with Gasteiger partial charge >= 0.3 is 0 Å². The Kier molecular flexibility index (Phi) is 3.89. The summed E-state index contributed by atoms with van der Waals surface area (Å²) in [4.78, 5) is 16.7. The van der Waals surface area contributed by atoms with E-state index in [2.05, 4.69) is 26.2 Å². The first-order valence-corrected chi connectivity index (χ1v) is 8.42. The van der Waals surface area contributed by atoms with Crippen LogP contribution in [0.2, 0.25) is 0 Å². The van der Waals surface area contributed by atoms with E-state index >= 15 is 0 Å². The van der Waals surface area contributed by atoms with Crippen LogP contribution in [-0.2, 0) is 0 Å². The molecule has 2 aromatic carbocycles. The minimum Gasteiger partial charge on any atom is -0.444 e. The van der Waals surface area contributed by atoms with Crippen molar-refractivity contribution in [1.29, 1.82) is 0 Å². The number of hydrogen-bond acceptors (Lipinski definition) is 4. The molecule has 0 aliphatic carbocycles. The number of halogens is 1. The molecule has 1 N–H and O–H groups in total. The second kappa shape index (κ2) is 6.22. The second-order valence-corrected chi connectivity index (χ2v) is 6.41. The quantitative estimate of drug-likeness (QED) is 0.502. The second-order valence-electron chi connectivity index (χ2n) is 5.63. The Bertz CT molecular complexity index is 1080. The Morgan fingerprint density at radius 2 is 1.96 bits per heavy atom. The number of carbonyl (C=O) groups is 1. The van der Waals surface area contributed by atoms with E-state index in [0.29, 0.717) is 27.3 Å². The summed E-state index contributed by atoms with van der Waals surface area (Å²) in [5, 5.41) is 2.79. The van der Waals surface area contributed by atoms with Gasteiger partial charge in [-0.25, -0.2) is 4.98 Å². The van der Waals surface area contributed by atoms with E-state index < -0.39 is 0 Å². The van der Waals surface area contributed by atoms with E-state index in [-0.39, 0.29) is 11.7 Å². The lowest BCUT2D eigenvalue weighted by Crippen LogP contribution is -2.10. The van der Waals surface area contributed by atoms with Gasteiger partial charge in [0.2, 0.25) is 5.89 Å². The predicted octanol–water partition coefficient (Wildman–Crippen LogP) is 5.41. The zero-order valence-corrected chi connectivity index (χ0v) is 14.8. The molecule has 0 radical (unpaired) electrons. The largest absolute Gasteiger partial charge is 0.444 e. The van der Waals surface area contributed by atoms with E-state index in [4.69, 9.17) is 8.83 Å². The lowest BCUT2D eigenvalue weighted by Gasteiger charge is -2.02. The Balaban J connectivity index is 1.63. The molecule has 0 atom stereocenters. The molecule has 1 amide bonds. The first-order chi connectivity index (χ1) is 12.1. The van der Waals surface area contributed by atoms with Crippen LogP contribution in [0.25, 0.3) is 22.6 Å². The van der Waals surface area contributed by atoms with Crippen molar-refractivity contribution in [3.8, 4) is 11.5 Å². The van der Waals surface area contributed by atoms with Crippen LogP contribution in [0.1, 0.15) is 16.1 Å². The fourth-order valence-electron chi connectivity index (χ4n) is 2.54. The van der Waals surface area contributed by atoms with Crippen molar-refractivity contribution in [3.05, 3.63) is 70.6 Å². The lowest BCUT2D eigenvalue weighted by molar-refractivity contribution is 0.0995. The van der Waals surface area contributed by atoms with Crippen LogP contribution in [0, 0.1) is 6.92 Å². The molecule has 0 aliphatic heterocycles. The SMILES string of the molecule is Cc1cccc(-c2nc3cc(NC(=O)c4ccc(Br)o4)ccc3o2)c1. The maximum absolute atomic E-state index is 12.2. The standard InChI is InChI=1S/C19H13BrN2O3/c1-11-3-2-4-12(9-11)19-22-14-10-13(5-6-15(14)25-19)21-18(23)16-7-8-17(20)24-16/h2-10H,1H3,(H,21,23). The highest BCUT2D eigenvalue weighted by molar-refractivity contribution is 9.10. The van der Waals surface area contributed by atoms with Gasteiger partial charge in [-0.2, -0.15) is 0 Å². The Labute approximate surface area is 151 Å². The van der Waals surface area contributed by atoms with Crippen molar-refractivity contribution < 1.29 is 13.6 Å². The fourth-order valence-corrected chi connectivity index (χ4v) is 2.84. The van der Waals surface area contributed by atoms with Gasteiger partial charge in [0, 0.05) is 11.3 Å². The van der Waals surface area contributed by atoms with Gasteiger partial charge in [0.1, 0.15) is 5.52 Å². The zero-order chi connectivity index (χ0) is 17.4. The molecule has 2 aromatic heterocycles. The first-order valence-electron chi connectivity index (χ1n) is 7.63. The van der Waals surface area contributed by atoms with Crippen molar-refractivity contribution in [2.45, 2.75) is 6.92 Å². The van der Waals surface area contributed by atoms with Crippen molar-refractivity contribution in [1.82, 2.24) is 4.98 Å². The highest BCUT2D eigenvalue weighted by Crippen LogP contribution is 2.27. The minimum absolute atomic E-state index is 0.229. The molecule has 124 valence electrons. The summed E-state index contributed by atoms with van der Waals surface area (Å²) < 4.78 is 11.6. The third-order valence-electron chi connectivity index (χ3n) is 3.71. The Morgan fingerprint density at radius 1 is 1.08 bits per heavy atom. The zero-order valence-electron chi connectivity index (χ0n) is 13.2.